The van der Waals surface area contributed by atoms with Crippen molar-refractivity contribution >= 4 is 11.8 Å². The summed E-state index contributed by atoms with van der Waals surface area (Å²) in [5.41, 5.74) is 0.938. The summed E-state index contributed by atoms with van der Waals surface area (Å²) >= 11 is 1.51. The van der Waals surface area contributed by atoms with Gasteiger partial charge in [0, 0.05) is 5.56 Å². The lowest BCUT2D eigenvalue weighted by molar-refractivity contribution is 0.376. The molecule has 3 heterocycles. The van der Waals surface area contributed by atoms with E-state index >= 15 is 0 Å². The summed E-state index contributed by atoms with van der Waals surface area (Å²) in [4.78, 5) is 4.31. The van der Waals surface area contributed by atoms with Crippen LogP contribution in [0.3, 0.4) is 0 Å². The van der Waals surface area contributed by atoms with E-state index in [4.69, 9.17) is 13.7 Å². The van der Waals surface area contributed by atoms with Gasteiger partial charge in [0.15, 0.2) is 16.8 Å². The largest absolute Gasteiger partial charge is 0.497 e. The fourth-order valence-electron chi connectivity index (χ4n) is 2.72. The molecule has 9 heteroatoms. The SMILES string of the molecule is COc1ccc(-c2nnc(SC(C)c3nc(C)no3)n2Cc2ccco2)cc1. The second-order valence-electron chi connectivity index (χ2n) is 6.14. The Morgan fingerprint density at radius 2 is 2.00 bits per heavy atom. The number of furan rings is 1. The summed E-state index contributed by atoms with van der Waals surface area (Å²) in [5.74, 6) is 3.52. The fourth-order valence-corrected chi connectivity index (χ4v) is 3.60. The predicted octanol–water partition coefficient (Wildman–Crippen LogP) is 4.14. The van der Waals surface area contributed by atoms with E-state index in [1.807, 2.05) is 47.9 Å². The van der Waals surface area contributed by atoms with Crippen LogP contribution in [0.2, 0.25) is 0 Å². The highest BCUT2D eigenvalue weighted by Crippen LogP contribution is 2.35. The molecule has 0 aliphatic rings. The summed E-state index contributed by atoms with van der Waals surface area (Å²) in [7, 11) is 1.64. The number of rotatable bonds is 7. The molecular weight excluding hydrogens is 378 g/mol. The lowest BCUT2D eigenvalue weighted by Crippen LogP contribution is -2.04. The van der Waals surface area contributed by atoms with Crippen LogP contribution in [0.25, 0.3) is 11.4 Å². The van der Waals surface area contributed by atoms with Crippen LogP contribution in [-0.2, 0) is 6.54 Å². The molecule has 0 bridgehead atoms. The quantitative estimate of drug-likeness (QED) is 0.430. The maximum atomic E-state index is 5.54. The zero-order chi connectivity index (χ0) is 19.5. The van der Waals surface area contributed by atoms with Crippen molar-refractivity contribution in [1.82, 2.24) is 24.9 Å². The lowest BCUT2D eigenvalue weighted by Gasteiger charge is -2.11. The average molecular weight is 397 g/mol. The van der Waals surface area contributed by atoms with Crippen molar-refractivity contribution in [3.8, 4) is 17.1 Å². The molecule has 0 N–H and O–H groups in total. The molecule has 4 rings (SSSR count). The van der Waals surface area contributed by atoms with Crippen molar-refractivity contribution in [1.29, 1.82) is 0 Å². The summed E-state index contributed by atoms with van der Waals surface area (Å²) < 4.78 is 18.1. The molecule has 1 unspecified atom stereocenters. The summed E-state index contributed by atoms with van der Waals surface area (Å²) in [5, 5.41) is 13.4. The molecule has 1 aromatic carbocycles. The van der Waals surface area contributed by atoms with Gasteiger partial charge < -0.3 is 13.7 Å². The third-order valence-electron chi connectivity index (χ3n) is 4.13. The molecule has 0 fully saturated rings. The van der Waals surface area contributed by atoms with Gasteiger partial charge in [0.1, 0.15) is 11.5 Å². The molecule has 144 valence electrons. The van der Waals surface area contributed by atoms with E-state index in [1.165, 1.54) is 11.8 Å². The standard InChI is InChI=1S/C19H19N5O3S/c1-12(18-20-13(2)23-27-18)28-19-22-21-17(14-6-8-15(25-3)9-7-14)24(19)11-16-5-4-10-26-16/h4-10,12H,11H2,1-3H3. The van der Waals surface area contributed by atoms with E-state index in [-0.39, 0.29) is 5.25 Å². The zero-order valence-corrected chi connectivity index (χ0v) is 16.5. The van der Waals surface area contributed by atoms with Gasteiger partial charge in [0.2, 0.25) is 5.89 Å². The van der Waals surface area contributed by atoms with Crippen molar-refractivity contribution in [2.75, 3.05) is 7.11 Å². The topological polar surface area (TPSA) is 92.0 Å². The van der Waals surface area contributed by atoms with Crippen molar-refractivity contribution in [3.63, 3.8) is 0 Å². The first-order valence-corrected chi connectivity index (χ1v) is 9.59. The lowest BCUT2D eigenvalue weighted by atomic mass is 10.2. The van der Waals surface area contributed by atoms with E-state index in [9.17, 15) is 0 Å². The van der Waals surface area contributed by atoms with Crippen LogP contribution in [0.4, 0.5) is 0 Å². The second kappa shape index (κ2) is 7.89. The van der Waals surface area contributed by atoms with Crippen LogP contribution in [0.15, 0.2) is 56.8 Å². The highest BCUT2D eigenvalue weighted by Gasteiger charge is 2.21. The number of ether oxygens (including phenoxy) is 1. The molecule has 0 saturated carbocycles. The Bertz CT molecular complexity index is 1040. The van der Waals surface area contributed by atoms with Crippen LogP contribution in [-0.4, -0.2) is 32.0 Å². The molecule has 28 heavy (non-hydrogen) atoms. The molecule has 8 nitrogen and oxygen atoms in total. The number of hydrogen-bond donors (Lipinski definition) is 0. The van der Waals surface area contributed by atoms with Gasteiger partial charge >= 0.3 is 0 Å². The van der Waals surface area contributed by atoms with Crippen LogP contribution >= 0.6 is 11.8 Å². The monoisotopic (exact) mass is 397 g/mol. The molecular formula is C19H19N5O3S. The zero-order valence-electron chi connectivity index (χ0n) is 15.7. The van der Waals surface area contributed by atoms with E-state index in [1.54, 1.807) is 20.3 Å². The summed E-state index contributed by atoms with van der Waals surface area (Å²) in [6.07, 6.45) is 1.66. The van der Waals surface area contributed by atoms with Crippen molar-refractivity contribution < 1.29 is 13.7 Å². The molecule has 0 saturated heterocycles. The Labute approximate surface area is 165 Å². The van der Waals surface area contributed by atoms with Crippen LogP contribution in [0.1, 0.15) is 29.6 Å². The van der Waals surface area contributed by atoms with Gasteiger partial charge in [-0.3, -0.25) is 4.57 Å². The highest BCUT2D eigenvalue weighted by atomic mass is 32.2. The van der Waals surface area contributed by atoms with E-state index in [2.05, 4.69) is 20.3 Å². The van der Waals surface area contributed by atoms with Crippen molar-refractivity contribution in [3.05, 3.63) is 60.1 Å². The number of aromatic nitrogens is 5. The summed E-state index contributed by atoms with van der Waals surface area (Å²) in [6, 6.07) is 11.5. The minimum Gasteiger partial charge on any atom is -0.497 e. The Morgan fingerprint density at radius 1 is 1.18 bits per heavy atom. The van der Waals surface area contributed by atoms with Gasteiger partial charge in [0.25, 0.3) is 0 Å². The number of hydrogen-bond acceptors (Lipinski definition) is 8. The molecule has 0 amide bonds. The van der Waals surface area contributed by atoms with E-state index < -0.39 is 0 Å². The van der Waals surface area contributed by atoms with E-state index in [0.717, 1.165) is 28.1 Å². The Hall–Kier alpha value is -3.07. The van der Waals surface area contributed by atoms with Gasteiger partial charge in [-0.1, -0.05) is 16.9 Å². The minimum absolute atomic E-state index is 0.0653. The average Bonchev–Trinajstić information content (AvgIpc) is 3.45. The minimum atomic E-state index is -0.0653. The van der Waals surface area contributed by atoms with E-state index in [0.29, 0.717) is 18.3 Å². The van der Waals surface area contributed by atoms with Gasteiger partial charge in [0.05, 0.1) is 25.2 Å². The molecule has 3 aromatic heterocycles. The van der Waals surface area contributed by atoms with Crippen LogP contribution < -0.4 is 4.74 Å². The smallest absolute Gasteiger partial charge is 0.239 e. The highest BCUT2D eigenvalue weighted by molar-refractivity contribution is 7.99. The number of methoxy groups -OCH3 is 1. The maximum Gasteiger partial charge on any atom is 0.239 e. The second-order valence-corrected chi connectivity index (χ2v) is 7.45. The number of benzene rings is 1. The van der Waals surface area contributed by atoms with Gasteiger partial charge in [-0.05, 0) is 50.2 Å². The fraction of sp³-hybridized carbons (Fsp3) is 0.263. The van der Waals surface area contributed by atoms with Crippen molar-refractivity contribution in [2.24, 2.45) is 0 Å². The Kier molecular flexibility index (Phi) is 5.16. The number of nitrogens with zero attached hydrogens (tertiary/aromatic N) is 5. The first kappa shape index (κ1) is 18.3. The Morgan fingerprint density at radius 3 is 2.64 bits per heavy atom. The van der Waals surface area contributed by atoms with Crippen molar-refractivity contribution in [2.45, 2.75) is 30.8 Å². The summed E-state index contributed by atoms with van der Waals surface area (Å²) in [6.45, 7) is 4.31. The molecule has 0 aliphatic heterocycles. The van der Waals surface area contributed by atoms with Gasteiger partial charge in [-0.25, -0.2) is 0 Å². The third-order valence-corrected chi connectivity index (χ3v) is 5.20. The van der Waals surface area contributed by atoms with Crippen LogP contribution in [0.5, 0.6) is 5.75 Å². The van der Waals surface area contributed by atoms with Gasteiger partial charge in [-0.15, -0.1) is 10.2 Å². The predicted molar refractivity (Wildman–Crippen MR) is 103 cm³/mol. The first-order valence-electron chi connectivity index (χ1n) is 8.71. The first-order chi connectivity index (χ1) is 13.6. The normalized spacial score (nSPS) is 12.2. The van der Waals surface area contributed by atoms with Crippen LogP contribution in [0, 0.1) is 6.92 Å². The van der Waals surface area contributed by atoms with Gasteiger partial charge in [-0.2, -0.15) is 4.98 Å². The molecule has 0 spiro atoms. The molecule has 1 atom stereocenters. The number of thioether (sulfide) groups is 1. The molecule has 0 radical (unpaired) electrons. The maximum absolute atomic E-state index is 5.54. The molecule has 0 aliphatic carbocycles. The third kappa shape index (κ3) is 3.79. The number of aryl methyl sites for hydroxylation is 1. The Balaban J connectivity index is 1.68. The molecule has 4 aromatic rings.